The molecule has 1 atom stereocenters. The third-order valence-electron chi connectivity index (χ3n) is 3.17. The van der Waals surface area contributed by atoms with Crippen molar-refractivity contribution in [2.45, 2.75) is 53.6 Å². The van der Waals surface area contributed by atoms with Gasteiger partial charge in [-0.25, -0.2) is 0 Å². The molecule has 2 N–H and O–H groups in total. The number of aromatic nitrogens is 2. The topological polar surface area (TPSA) is 59.0 Å². The van der Waals surface area contributed by atoms with Crippen LogP contribution in [0.5, 0.6) is 0 Å². The van der Waals surface area contributed by atoms with E-state index in [0.29, 0.717) is 6.54 Å². The van der Waals surface area contributed by atoms with E-state index in [-0.39, 0.29) is 11.9 Å². The number of carbonyl (C=O) groups is 1. The number of nitrogens with zero attached hydrogens (tertiary/aromatic N) is 2. The normalized spacial score (nSPS) is 12.5. The highest BCUT2D eigenvalue weighted by Crippen LogP contribution is 2.13. The first-order chi connectivity index (χ1) is 9.01. The van der Waals surface area contributed by atoms with Gasteiger partial charge in [-0.15, -0.1) is 0 Å². The lowest BCUT2D eigenvalue weighted by atomic mass is 10.2. The molecule has 0 fully saturated rings. The van der Waals surface area contributed by atoms with E-state index in [4.69, 9.17) is 0 Å². The Hall–Kier alpha value is -1.36. The number of rotatable bonds is 7. The standard InChI is InChI=1S/C14H26N4O/c1-6-8-18-12(5)13(11(4)17-18)14(19)16-9-10(3)15-7-2/h10,15H,6-9H2,1-5H3,(H,16,19)/t10-/m1/s1. The first-order valence-corrected chi connectivity index (χ1v) is 7.06. The van der Waals surface area contributed by atoms with Gasteiger partial charge >= 0.3 is 0 Å². The van der Waals surface area contributed by atoms with Crippen LogP contribution in [0.2, 0.25) is 0 Å². The van der Waals surface area contributed by atoms with Crippen molar-refractivity contribution >= 4 is 5.91 Å². The Morgan fingerprint density at radius 1 is 1.37 bits per heavy atom. The van der Waals surface area contributed by atoms with Gasteiger partial charge in [0.2, 0.25) is 0 Å². The van der Waals surface area contributed by atoms with E-state index in [9.17, 15) is 4.79 Å². The van der Waals surface area contributed by atoms with Crippen molar-refractivity contribution in [3.05, 3.63) is 17.0 Å². The van der Waals surface area contributed by atoms with Crippen molar-refractivity contribution in [2.24, 2.45) is 0 Å². The van der Waals surface area contributed by atoms with Crippen LogP contribution in [0.15, 0.2) is 0 Å². The highest BCUT2D eigenvalue weighted by atomic mass is 16.1. The molecule has 0 bridgehead atoms. The molecule has 0 aliphatic carbocycles. The highest BCUT2D eigenvalue weighted by Gasteiger charge is 2.18. The fourth-order valence-corrected chi connectivity index (χ4v) is 2.21. The predicted molar refractivity (Wildman–Crippen MR) is 77.5 cm³/mol. The van der Waals surface area contributed by atoms with Gasteiger partial charge in [0.05, 0.1) is 11.3 Å². The summed E-state index contributed by atoms with van der Waals surface area (Å²) in [6.07, 6.45) is 1.01. The zero-order chi connectivity index (χ0) is 14.4. The maximum absolute atomic E-state index is 12.2. The summed E-state index contributed by atoms with van der Waals surface area (Å²) < 4.78 is 1.91. The average Bonchev–Trinajstić information content (AvgIpc) is 2.63. The molecule has 108 valence electrons. The molecule has 0 aliphatic rings. The summed E-state index contributed by atoms with van der Waals surface area (Å²) in [7, 11) is 0. The van der Waals surface area contributed by atoms with E-state index in [1.54, 1.807) is 0 Å². The van der Waals surface area contributed by atoms with E-state index < -0.39 is 0 Å². The van der Waals surface area contributed by atoms with Crippen LogP contribution in [0.4, 0.5) is 0 Å². The molecule has 1 amide bonds. The highest BCUT2D eigenvalue weighted by molar-refractivity contribution is 5.96. The van der Waals surface area contributed by atoms with E-state index in [0.717, 1.165) is 36.5 Å². The first kappa shape index (κ1) is 15.7. The summed E-state index contributed by atoms with van der Waals surface area (Å²) in [6, 6.07) is 0.278. The third-order valence-corrected chi connectivity index (χ3v) is 3.17. The molecule has 0 radical (unpaired) electrons. The summed E-state index contributed by atoms with van der Waals surface area (Å²) in [5.41, 5.74) is 2.48. The van der Waals surface area contributed by atoms with Crippen LogP contribution in [0.3, 0.4) is 0 Å². The van der Waals surface area contributed by atoms with Crippen molar-refractivity contribution in [3.8, 4) is 0 Å². The van der Waals surface area contributed by atoms with Crippen LogP contribution < -0.4 is 10.6 Å². The smallest absolute Gasteiger partial charge is 0.255 e. The summed E-state index contributed by atoms with van der Waals surface area (Å²) >= 11 is 0. The lowest BCUT2D eigenvalue weighted by molar-refractivity contribution is 0.0949. The molecule has 1 rings (SSSR count). The van der Waals surface area contributed by atoms with Crippen molar-refractivity contribution in [1.29, 1.82) is 0 Å². The van der Waals surface area contributed by atoms with Crippen LogP contribution in [0, 0.1) is 13.8 Å². The van der Waals surface area contributed by atoms with Gasteiger partial charge in [-0.2, -0.15) is 5.10 Å². The van der Waals surface area contributed by atoms with E-state index >= 15 is 0 Å². The SMILES string of the molecule is CCCn1nc(C)c(C(=O)NC[C@@H](C)NCC)c1C. The number of aryl methyl sites for hydroxylation is 2. The number of carbonyl (C=O) groups excluding carboxylic acids is 1. The second-order valence-corrected chi connectivity index (χ2v) is 4.94. The molecular weight excluding hydrogens is 240 g/mol. The predicted octanol–water partition coefficient (Wildman–Crippen LogP) is 1.64. The number of likely N-dealkylation sites (N-methyl/N-ethyl adjacent to an activating group) is 1. The minimum atomic E-state index is -0.0258. The Labute approximate surface area is 115 Å². The van der Waals surface area contributed by atoms with E-state index in [1.807, 2.05) is 18.5 Å². The van der Waals surface area contributed by atoms with Gasteiger partial charge < -0.3 is 10.6 Å². The van der Waals surface area contributed by atoms with Crippen LogP contribution in [-0.4, -0.2) is 34.8 Å². The molecule has 19 heavy (non-hydrogen) atoms. The Balaban J connectivity index is 2.71. The molecule has 1 aromatic heterocycles. The van der Waals surface area contributed by atoms with Gasteiger partial charge in [0.25, 0.3) is 5.91 Å². The summed E-state index contributed by atoms with van der Waals surface area (Å²) in [5.74, 6) is -0.0258. The summed E-state index contributed by atoms with van der Waals surface area (Å²) in [5, 5.41) is 10.7. The monoisotopic (exact) mass is 266 g/mol. The number of nitrogens with one attached hydrogen (secondary N) is 2. The zero-order valence-electron chi connectivity index (χ0n) is 12.7. The van der Waals surface area contributed by atoms with E-state index in [1.165, 1.54) is 0 Å². The second-order valence-electron chi connectivity index (χ2n) is 4.94. The maximum atomic E-state index is 12.2. The third kappa shape index (κ3) is 4.06. The van der Waals surface area contributed by atoms with Gasteiger partial charge in [0.15, 0.2) is 0 Å². The first-order valence-electron chi connectivity index (χ1n) is 7.06. The molecule has 0 saturated heterocycles. The lowest BCUT2D eigenvalue weighted by Gasteiger charge is -2.13. The molecule has 1 aromatic rings. The molecule has 0 spiro atoms. The number of hydrogen-bond acceptors (Lipinski definition) is 3. The van der Waals surface area contributed by atoms with Gasteiger partial charge in [-0.05, 0) is 33.7 Å². The minimum Gasteiger partial charge on any atom is -0.350 e. The fourth-order valence-electron chi connectivity index (χ4n) is 2.21. The van der Waals surface area contributed by atoms with Crippen molar-refractivity contribution in [1.82, 2.24) is 20.4 Å². The number of amides is 1. The van der Waals surface area contributed by atoms with Crippen LogP contribution in [0.1, 0.15) is 48.9 Å². The molecule has 0 aromatic carbocycles. The fraction of sp³-hybridized carbons (Fsp3) is 0.714. The maximum Gasteiger partial charge on any atom is 0.255 e. The Morgan fingerprint density at radius 3 is 2.63 bits per heavy atom. The van der Waals surface area contributed by atoms with Crippen LogP contribution >= 0.6 is 0 Å². The van der Waals surface area contributed by atoms with Gasteiger partial charge in [0, 0.05) is 24.8 Å². The largest absolute Gasteiger partial charge is 0.350 e. The quantitative estimate of drug-likeness (QED) is 0.789. The Bertz CT molecular complexity index is 425. The van der Waals surface area contributed by atoms with Gasteiger partial charge in [-0.3, -0.25) is 9.48 Å². The Morgan fingerprint density at radius 2 is 2.05 bits per heavy atom. The van der Waals surface area contributed by atoms with Gasteiger partial charge in [-0.1, -0.05) is 13.8 Å². The van der Waals surface area contributed by atoms with Crippen molar-refractivity contribution < 1.29 is 4.79 Å². The minimum absolute atomic E-state index is 0.0258. The zero-order valence-corrected chi connectivity index (χ0v) is 12.7. The molecule has 0 saturated carbocycles. The van der Waals surface area contributed by atoms with Crippen LogP contribution in [-0.2, 0) is 6.54 Å². The van der Waals surface area contributed by atoms with Gasteiger partial charge in [0.1, 0.15) is 0 Å². The molecule has 0 unspecified atom stereocenters. The van der Waals surface area contributed by atoms with Crippen molar-refractivity contribution in [2.75, 3.05) is 13.1 Å². The van der Waals surface area contributed by atoms with Crippen molar-refractivity contribution in [3.63, 3.8) is 0 Å². The summed E-state index contributed by atoms with van der Waals surface area (Å²) in [4.78, 5) is 12.2. The summed E-state index contributed by atoms with van der Waals surface area (Å²) in [6.45, 7) is 12.5. The molecule has 0 aliphatic heterocycles. The molecular formula is C14H26N4O. The molecule has 1 heterocycles. The van der Waals surface area contributed by atoms with E-state index in [2.05, 4.69) is 36.5 Å². The average molecular weight is 266 g/mol. The lowest BCUT2D eigenvalue weighted by Crippen LogP contribution is -2.39. The Kier molecular flexibility index (Phi) is 6.02. The number of hydrogen-bond donors (Lipinski definition) is 2. The molecule has 5 heteroatoms. The molecule has 5 nitrogen and oxygen atoms in total. The second kappa shape index (κ2) is 7.28. The van der Waals surface area contributed by atoms with Crippen LogP contribution in [0.25, 0.3) is 0 Å².